The van der Waals surface area contributed by atoms with Crippen molar-refractivity contribution in [2.75, 3.05) is 20.1 Å². The number of nitrogens with zero attached hydrogens (tertiary/aromatic N) is 1. The Labute approximate surface area is 120 Å². The molecule has 0 aliphatic heterocycles. The Hall–Kier alpha value is -0.0800. The summed E-state index contributed by atoms with van der Waals surface area (Å²) in [6.07, 6.45) is 12.7. The molecule has 2 fully saturated rings. The SMILES string of the molecule is CN(CCNC1CCCCC1)C1CCC(C)(C)CC1. The molecule has 0 amide bonds. The lowest BCUT2D eigenvalue weighted by Gasteiger charge is -2.38. The van der Waals surface area contributed by atoms with Crippen molar-refractivity contribution < 1.29 is 0 Å². The summed E-state index contributed by atoms with van der Waals surface area (Å²) in [5.74, 6) is 0. The first kappa shape index (κ1) is 15.3. The van der Waals surface area contributed by atoms with Crippen LogP contribution < -0.4 is 5.32 Å². The highest BCUT2D eigenvalue weighted by Crippen LogP contribution is 2.36. The van der Waals surface area contributed by atoms with E-state index in [0.29, 0.717) is 5.41 Å². The molecule has 0 saturated heterocycles. The monoisotopic (exact) mass is 266 g/mol. The van der Waals surface area contributed by atoms with Crippen LogP contribution in [0.2, 0.25) is 0 Å². The van der Waals surface area contributed by atoms with Gasteiger partial charge in [0, 0.05) is 25.2 Å². The molecule has 0 radical (unpaired) electrons. The van der Waals surface area contributed by atoms with Gasteiger partial charge < -0.3 is 10.2 Å². The number of nitrogens with one attached hydrogen (secondary N) is 1. The van der Waals surface area contributed by atoms with Crippen molar-refractivity contribution in [1.29, 1.82) is 0 Å². The maximum atomic E-state index is 3.77. The molecule has 0 atom stereocenters. The van der Waals surface area contributed by atoms with E-state index >= 15 is 0 Å². The lowest BCUT2D eigenvalue weighted by Crippen LogP contribution is -2.42. The van der Waals surface area contributed by atoms with Crippen LogP contribution in [0.15, 0.2) is 0 Å². The topological polar surface area (TPSA) is 15.3 Å². The Morgan fingerprint density at radius 1 is 1.00 bits per heavy atom. The largest absolute Gasteiger partial charge is 0.313 e. The van der Waals surface area contributed by atoms with Gasteiger partial charge in [-0.3, -0.25) is 0 Å². The van der Waals surface area contributed by atoms with Crippen molar-refractivity contribution in [3.63, 3.8) is 0 Å². The van der Waals surface area contributed by atoms with Gasteiger partial charge in [0.05, 0.1) is 0 Å². The fourth-order valence-electron chi connectivity index (χ4n) is 3.76. The number of rotatable bonds is 5. The molecule has 2 aliphatic carbocycles. The van der Waals surface area contributed by atoms with Crippen LogP contribution in [0.5, 0.6) is 0 Å². The van der Waals surface area contributed by atoms with Gasteiger partial charge in [-0.05, 0) is 51.0 Å². The van der Waals surface area contributed by atoms with Crippen LogP contribution in [-0.4, -0.2) is 37.1 Å². The average molecular weight is 266 g/mol. The lowest BCUT2D eigenvalue weighted by atomic mass is 9.75. The molecular formula is C17H34N2. The molecule has 2 aliphatic rings. The van der Waals surface area contributed by atoms with E-state index in [2.05, 4.69) is 31.1 Å². The third-order valence-corrected chi connectivity index (χ3v) is 5.43. The summed E-state index contributed by atoms with van der Waals surface area (Å²) >= 11 is 0. The van der Waals surface area contributed by atoms with Crippen LogP contribution in [0.3, 0.4) is 0 Å². The van der Waals surface area contributed by atoms with Crippen molar-refractivity contribution in [1.82, 2.24) is 10.2 Å². The zero-order valence-electron chi connectivity index (χ0n) is 13.4. The number of hydrogen-bond donors (Lipinski definition) is 1. The summed E-state index contributed by atoms with van der Waals surface area (Å²) in [5.41, 5.74) is 0.595. The second kappa shape index (κ2) is 7.08. The smallest absolute Gasteiger partial charge is 0.0107 e. The van der Waals surface area contributed by atoms with Crippen molar-refractivity contribution in [2.24, 2.45) is 5.41 Å². The van der Waals surface area contributed by atoms with Gasteiger partial charge in [-0.15, -0.1) is 0 Å². The van der Waals surface area contributed by atoms with Gasteiger partial charge >= 0.3 is 0 Å². The molecule has 0 aromatic rings. The molecule has 1 N–H and O–H groups in total. The Kier molecular flexibility index (Phi) is 5.70. The average Bonchev–Trinajstić information content (AvgIpc) is 2.39. The Morgan fingerprint density at radius 3 is 2.26 bits per heavy atom. The molecule has 0 bridgehead atoms. The van der Waals surface area contributed by atoms with Crippen molar-refractivity contribution in [3.05, 3.63) is 0 Å². The van der Waals surface area contributed by atoms with E-state index in [0.717, 1.165) is 12.1 Å². The molecule has 0 aromatic heterocycles. The normalized spacial score (nSPS) is 25.9. The van der Waals surface area contributed by atoms with Crippen molar-refractivity contribution >= 4 is 0 Å². The van der Waals surface area contributed by atoms with Gasteiger partial charge in [-0.25, -0.2) is 0 Å². The maximum Gasteiger partial charge on any atom is 0.0107 e. The van der Waals surface area contributed by atoms with E-state index in [9.17, 15) is 0 Å². The van der Waals surface area contributed by atoms with E-state index in [1.54, 1.807) is 0 Å². The van der Waals surface area contributed by atoms with Crippen LogP contribution in [0.4, 0.5) is 0 Å². The van der Waals surface area contributed by atoms with E-state index in [4.69, 9.17) is 0 Å². The predicted molar refractivity (Wildman–Crippen MR) is 83.5 cm³/mol. The summed E-state index contributed by atoms with van der Waals surface area (Å²) in [6, 6.07) is 1.65. The van der Waals surface area contributed by atoms with Gasteiger partial charge in [0.25, 0.3) is 0 Å². The minimum atomic E-state index is 0.595. The van der Waals surface area contributed by atoms with Crippen LogP contribution >= 0.6 is 0 Å². The summed E-state index contributed by atoms with van der Waals surface area (Å²) in [7, 11) is 2.32. The maximum absolute atomic E-state index is 3.77. The zero-order valence-corrected chi connectivity index (χ0v) is 13.4. The summed E-state index contributed by atoms with van der Waals surface area (Å²) in [4.78, 5) is 2.60. The fourth-order valence-corrected chi connectivity index (χ4v) is 3.76. The number of hydrogen-bond acceptors (Lipinski definition) is 2. The quantitative estimate of drug-likeness (QED) is 0.814. The third-order valence-electron chi connectivity index (χ3n) is 5.43. The van der Waals surface area contributed by atoms with Crippen LogP contribution in [0.25, 0.3) is 0 Å². The molecule has 0 unspecified atom stereocenters. The van der Waals surface area contributed by atoms with Crippen molar-refractivity contribution in [2.45, 2.75) is 83.7 Å². The predicted octanol–water partition coefficient (Wildman–Crippen LogP) is 3.81. The van der Waals surface area contributed by atoms with Gasteiger partial charge in [0.1, 0.15) is 0 Å². The summed E-state index contributed by atoms with van der Waals surface area (Å²) < 4.78 is 0. The Balaban J connectivity index is 1.60. The first-order valence-corrected chi connectivity index (χ1v) is 8.50. The third kappa shape index (κ3) is 5.07. The fraction of sp³-hybridized carbons (Fsp3) is 1.00. The Morgan fingerprint density at radius 2 is 1.63 bits per heavy atom. The highest BCUT2D eigenvalue weighted by atomic mass is 15.1. The molecule has 19 heavy (non-hydrogen) atoms. The van der Waals surface area contributed by atoms with Gasteiger partial charge in [-0.1, -0.05) is 33.1 Å². The molecule has 2 saturated carbocycles. The zero-order chi connectivity index (χ0) is 13.7. The highest BCUT2D eigenvalue weighted by molar-refractivity contribution is 4.83. The van der Waals surface area contributed by atoms with Gasteiger partial charge in [0.15, 0.2) is 0 Å². The first-order chi connectivity index (χ1) is 9.07. The second-order valence-electron chi connectivity index (χ2n) is 7.67. The summed E-state index contributed by atoms with van der Waals surface area (Å²) in [6.45, 7) is 7.25. The molecule has 2 heteroatoms. The minimum Gasteiger partial charge on any atom is -0.313 e. The van der Waals surface area contributed by atoms with Crippen LogP contribution in [0, 0.1) is 5.41 Å². The molecule has 0 aromatic carbocycles. The highest BCUT2D eigenvalue weighted by Gasteiger charge is 2.28. The molecule has 112 valence electrons. The molecule has 0 spiro atoms. The van der Waals surface area contributed by atoms with Gasteiger partial charge in [-0.2, -0.15) is 0 Å². The molecule has 0 heterocycles. The van der Waals surface area contributed by atoms with E-state index < -0.39 is 0 Å². The Bertz CT molecular complexity index is 246. The molecule has 2 nitrogen and oxygen atoms in total. The van der Waals surface area contributed by atoms with Gasteiger partial charge in [0.2, 0.25) is 0 Å². The van der Waals surface area contributed by atoms with E-state index in [1.807, 2.05) is 0 Å². The van der Waals surface area contributed by atoms with E-state index in [-0.39, 0.29) is 0 Å². The number of likely N-dealkylation sites (N-methyl/N-ethyl adjacent to an activating group) is 1. The first-order valence-electron chi connectivity index (χ1n) is 8.50. The lowest BCUT2D eigenvalue weighted by molar-refractivity contribution is 0.127. The second-order valence-corrected chi connectivity index (χ2v) is 7.67. The molecular weight excluding hydrogens is 232 g/mol. The minimum absolute atomic E-state index is 0.595. The van der Waals surface area contributed by atoms with Crippen LogP contribution in [-0.2, 0) is 0 Å². The summed E-state index contributed by atoms with van der Waals surface area (Å²) in [5, 5.41) is 3.77. The van der Waals surface area contributed by atoms with Crippen LogP contribution in [0.1, 0.15) is 71.6 Å². The standard InChI is InChI=1S/C17H34N2/c1-17(2)11-9-16(10-12-17)19(3)14-13-18-15-7-5-4-6-8-15/h15-16,18H,4-14H2,1-3H3. The van der Waals surface area contributed by atoms with Crippen molar-refractivity contribution in [3.8, 4) is 0 Å². The molecule has 2 rings (SSSR count). The van der Waals surface area contributed by atoms with E-state index in [1.165, 1.54) is 70.9 Å².